The van der Waals surface area contributed by atoms with Crippen LogP contribution in [0.25, 0.3) is 0 Å². The smallest absolute Gasteiger partial charge is 0.0157 e. The summed E-state index contributed by atoms with van der Waals surface area (Å²) >= 11 is 0. The zero-order chi connectivity index (χ0) is 17.9. The number of hydrogen-bond acceptors (Lipinski definition) is 1. The van der Waals surface area contributed by atoms with E-state index in [0.29, 0.717) is 17.5 Å². The van der Waals surface area contributed by atoms with Gasteiger partial charge in [-0.25, -0.2) is 0 Å². The van der Waals surface area contributed by atoms with Gasteiger partial charge < -0.3 is 0 Å². The van der Waals surface area contributed by atoms with E-state index in [9.17, 15) is 0 Å². The van der Waals surface area contributed by atoms with Gasteiger partial charge in [-0.1, -0.05) is 66.2 Å². The molecule has 1 heteroatoms. The van der Waals surface area contributed by atoms with Crippen molar-refractivity contribution in [1.29, 1.82) is 0 Å². The highest BCUT2D eigenvalue weighted by molar-refractivity contribution is 4.92. The van der Waals surface area contributed by atoms with Gasteiger partial charge in [0.05, 0.1) is 0 Å². The van der Waals surface area contributed by atoms with Gasteiger partial charge in [-0.15, -0.1) is 0 Å². The lowest BCUT2D eigenvalue weighted by Gasteiger charge is -2.49. The van der Waals surface area contributed by atoms with Crippen LogP contribution < -0.4 is 0 Å². The van der Waals surface area contributed by atoms with Gasteiger partial charge in [-0.3, -0.25) is 4.90 Å². The zero-order valence-corrected chi connectivity index (χ0v) is 17.8. The molecular formula is C22H47N. The normalized spacial score (nSPS) is 14.2. The van der Waals surface area contributed by atoms with Crippen molar-refractivity contribution in [2.75, 3.05) is 0 Å². The van der Waals surface area contributed by atoms with Crippen molar-refractivity contribution >= 4 is 0 Å². The van der Waals surface area contributed by atoms with Crippen molar-refractivity contribution in [2.45, 2.75) is 138 Å². The fourth-order valence-electron chi connectivity index (χ4n) is 4.66. The molecule has 0 radical (unpaired) electrons. The monoisotopic (exact) mass is 325 g/mol. The largest absolute Gasteiger partial charge is 0.295 e. The molecule has 0 saturated heterocycles. The first-order chi connectivity index (χ1) is 10.9. The number of unbranched alkanes of at least 4 members (excludes halogenated alkanes) is 5. The molecule has 0 aliphatic rings. The van der Waals surface area contributed by atoms with E-state index in [4.69, 9.17) is 0 Å². The summed E-state index contributed by atoms with van der Waals surface area (Å²) < 4.78 is 0. The molecule has 0 N–H and O–H groups in total. The summed E-state index contributed by atoms with van der Waals surface area (Å²) in [6, 6.07) is 2.03. The van der Waals surface area contributed by atoms with Crippen molar-refractivity contribution in [3.05, 3.63) is 0 Å². The minimum absolute atomic E-state index is 0.498. The predicted molar refractivity (Wildman–Crippen MR) is 107 cm³/mol. The first kappa shape index (κ1) is 23.0. The second-order valence-electron chi connectivity index (χ2n) is 8.13. The highest BCUT2D eigenvalue weighted by atomic mass is 15.2. The van der Waals surface area contributed by atoms with Crippen LogP contribution in [0.15, 0.2) is 0 Å². The molecule has 1 unspecified atom stereocenters. The van der Waals surface area contributed by atoms with Crippen molar-refractivity contribution in [3.63, 3.8) is 0 Å². The Bertz CT molecular complexity index is 249. The van der Waals surface area contributed by atoms with Crippen molar-refractivity contribution < 1.29 is 0 Å². The summed E-state index contributed by atoms with van der Waals surface area (Å²) in [6.45, 7) is 19.1. The Morgan fingerprint density at radius 1 is 0.652 bits per heavy atom. The van der Waals surface area contributed by atoms with E-state index >= 15 is 0 Å². The molecule has 0 aliphatic carbocycles. The van der Waals surface area contributed by atoms with Crippen LogP contribution in [-0.2, 0) is 0 Å². The van der Waals surface area contributed by atoms with Crippen LogP contribution in [-0.4, -0.2) is 23.0 Å². The Morgan fingerprint density at radius 2 is 1.09 bits per heavy atom. The van der Waals surface area contributed by atoms with Crippen LogP contribution in [0, 0.1) is 5.41 Å². The van der Waals surface area contributed by atoms with E-state index in [1.165, 1.54) is 64.2 Å². The predicted octanol–water partition coefficient (Wildman–Crippen LogP) is 7.44. The number of hydrogen-bond donors (Lipinski definition) is 0. The van der Waals surface area contributed by atoms with E-state index in [0.717, 1.165) is 6.04 Å². The third-order valence-corrected chi connectivity index (χ3v) is 6.20. The van der Waals surface area contributed by atoms with Crippen LogP contribution in [0.3, 0.4) is 0 Å². The highest BCUT2D eigenvalue weighted by Gasteiger charge is 2.39. The minimum atomic E-state index is 0.498. The Morgan fingerprint density at radius 3 is 1.48 bits per heavy atom. The molecule has 0 aromatic rings. The molecule has 1 nitrogen and oxygen atoms in total. The highest BCUT2D eigenvalue weighted by Crippen LogP contribution is 2.41. The third-order valence-electron chi connectivity index (χ3n) is 6.20. The van der Waals surface area contributed by atoms with E-state index in [-0.39, 0.29) is 0 Å². The second kappa shape index (κ2) is 12.3. The van der Waals surface area contributed by atoms with E-state index in [1.54, 1.807) is 0 Å². The Kier molecular flexibility index (Phi) is 12.3. The van der Waals surface area contributed by atoms with Gasteiger partial charge in [-0.2, -0.15) is 0 Å². The molecule has 0 aliphatic heterocycles. The first-order valence-electron chi connectivity index (χ1n) is 10.7. The quantitative estimate of drug-likeness (QED) is 0.300. The maximum Gasteiger partial charge on any atom is 0.0157 e. The summed E-state index contributed by atoms with van der Waals surface area (Å²) in [4.78, 5) is 2.82. The molecule has 0 aromatic heterocycles. The molecule has 140 valence electrons. The Hall–Kier alpha value is -0.0400. The van der Waals surface area contributed by atoms with E-state index < -0.39 is 0 Å². The standard InChI is InChI=1S/C22H47N/c1-9-13-14-15-16-17-18-21(22(10-2,11-3)12-4)23(19(5)6)20(7)8/h19-21H,9-18H2,1-8H3. The van der Waals surface area contributed by atoms with Crippen molar-refractivity contribution in [3.8, 4) is 0 Å². The first-order valence-corrected chi connectivity index (χ1v) is 10.7. The minimum Gasteiger partial charge on any atom is -0.295 e. The Balaban J connectivity index is 4.99. The lowest BCUT2D eigenvalue weighted by molar-refractivity contribution is 0.000484. The van der Waals surface area contributed by atoms with Gasteiger partial charge in [-0.05, 0) is 58.8 Å². The molecule has 0 saturated carbocycles. The summed E-state index contributed by atoms with van der Waals surface area (Å²) in [5.41, 5.74) is 0.498. The van der Waals surface area contributed by atoms with Crippen LogP contribution in [0.1, 0.15) is 120 Å². The van der Waals surface area contributed by atoms with E-state index in [2.05, 4.69) is 60.3 Å². The molecule has 23 heavy (non-hydrogen) atoms. The zero-order valence-electron chi connectivity index (χ0n) is 17.8. The molecule has 0 spiro atoms. The maximum atomic E-state index is 2.82. The third kappa shape index (κ3) is 7.16. The van der Waals surface area contributed by atoms with Gasteiger partial charge in [0.15, 0.2) is 0 Å². The molecule has 0 fully saturated rings. The summed E-state index contributed by atoms with van der Waals surface area (Å²) in [6.07, 6.45) is 13.8. The summed E-state index contributed by atoms with van der Waals surface area (Å²) in [5.74, 6) is 0. The topological polar surface area (TPSA) is 3.24 Å². The molecule has 1 atom stereocenters. The Labute approximate surface area is 148 Å². The maximum absolute atomic E-state index is 2.82. The molecule has 0 bridgehead atoms. The molecular weight excluding hydrogens is 278 g/mol. The fourth-order valence-corrected chi connectivity index (χ4v) is 4.66. The van der Waals surface area contributed by atoms with Crippen molar-refractivity contribution in [1.82, 2.24) is 4.90 Å². The van der Waals surface area contributed by atoms with Gasteiger partial charge in [0.1, 0.15) is 0 Å². The summed E-state index contributed by atoms with van der Waals surface area (Å²) in [5, 5.41) is 0. The van der Waals surface area contributed by atoms with Crippen molar-refractivity contribution in [2.24, 2.45) is 5.41 Å². The molecule has 0 aromatic carbocycles. The lowest BCUT2D eigenvalue weighted by Crippen LogP contribution is -2.53. The van der Waals surface area contributed by atoms with Gasteiger partial charge in [0.2, 0.25) is 0 Å². The SMILES string of the molecule is CCCCCCCCC(N(C(C)C)C(C)C)C(CC)(CC)CC. The second-order valence-corrected chi connectivity index (χ2v) is 8.13. The van der Waals surface area contributed by atoms with E-state index in [1.807, 2.05) is 0 Å². The lowest BCUT2D eigenvalue weighted by atomic mass is 9.70. The van der Waals surface area contributed by atoms with Crippen LogP contribution >= 0.6 is 0 Å². The fraction of sp³-hybridized carbons (Fsp3) is 1.00. The van der Waals surface area contributed by atoms with Crippen LogP contribution in [0.4, 0.5) is 0 Å². The number of nitrogens with zero attached hydrogens (tertiary/aromatic N) is 1. The number of rotatable bonds is 14. The van der Waals surface area contributed by atoms with Gasteiger partial charge >= 0.3 is 0 Å². The average Bonchev–Trinajstić information content (AvgIpc) is 2.51. The summed E-state index contributed by atoms with van der Waals surface area (Å²) in [7, 11) is 0. The van der Waals surface area contributed by atoms with Crippen LogP contribution in [0.2, 0.25) is 0 Å². The van der Waals surface area contributed by atoms with Gasteiger partial charge in [0.25, 0.3) is 0 Å². The molecule has 0 rings (SSSR count). The van der Waals surface area contributed by atoms with Gasteiger partial charge in [0, 0.05) is 18.1 Å². The van der Waals surface area contributed by atoms with Crippen LogP contribution in [0.5, 0.6) is 0 Å². The molecule has 0 heterocycles. The molecule has 0 amide bonds. The average molecular weight is 326 g/mol.